The van der Waals surface area contributed by atoms with Crippen molar-refractivity contribution >= 4 is 11.8 Å². The van der Waals surface area contributed by atoms with Gasteiger partial charge in [0.1, 0.15) is 0 Å². The first kappa shape index (κ1) is 11.7. The summed E-state index contributed by atoms with van der Waals surface area (Å²) >= 11 is 2.11. The van der Waals surface area contributed by atoms with E-state index in [0.717, 1.165) is 18.4 Å². The number of hydrogen-bond donors (Lipinski definition) is 1. The Labute approximate surface area is 98.0 Å². The summed E-state index contributed by atoms with van der Waals surface area (Å²) in [5, 5.41) is 0. The minimum Gasteiger partial charge on any atom is -0.329 e. The third-order valence-corrected chi connectivity index (χ3v) is 5.00. The molecule has 2 unspecified atom stereocenters. The van der Waals surface area contributed by atoms with Crippen molar-refractivity contribution in [1.29, 1.82) is 0 Å². The van der Waals surface area contributed by atoms with Gasteiger partial charge in [0.05, 0.1) is 0 Å². The maximum absolute atomic E-state index is 5.97. The first-order valence-corrected chi connectivity index (χ1v) is 7.52. The molecule has 2 nitrogen and oxygen atoms in total. The molecule has 0 spiro atoms. The Morgan fingerprint density at radius 3 is 2.67 bits per heavy atom. The van der Waals surface area contributed by atoms with Crippen LogP contribution in [0.1, 0.15) is 26.2 Å². The van der Waals surface area contributed by atoms with E-state index in [1.807, 2.05) is 0 Å². The van der Waals surface area contributed by atoms with Crippen molar-refractivity contribution in [2.75, 3.05) is 31.1 Å². The quantitative estimate of drug-likeness (QED) is 0.752. The number of nitrogens with zero attached hydrogens (tertiary/aromatic N) is 1. The summed E-state index contributed by atoms with van der Waals surface area (Å²) < 4.78 is 0. The molecule has 1 saturated heterocycles. The van der Waals surface area contributed by atoms with Gasteiger partial charge in [-0.1, -0.05) is 6.92 Å². The molecule has 0 amide bonds. The molecule has 0 aromatic heterocycles. The molecular formula is C12H24N2S. The van der Waals surface area contributed by atoms with Crippen LogP contribution in [0.5, 0.6) is 0 Å². The van der Waals surface area contributed by atoms with Crippen molar-refractivity contribution in [1.82, 2.24) is 4.90 Å². The lowest BCUT2D eigenvalue weighted by Crippen LogP contribution is -2.46. The van der Waals surface area contributed by atoms with Gasteiger partial charge < -0.3 is 5.73 Å². The second kappa shape index (κ2) is 5.55. The summed E-state index contributed by atoms with van der Waals surface area (Å²) in [6.07, 6.45) is 4.29. The van der Waals surface area contributed by atoms with E-state index in [1.165, 1.54) is 43.9 Å². The van der Waals surface area contributed by atoms with Crippen molar-refractivity contribution < 1.29 is 0 Å². The summed E-state index contributed by atoms with van der Waals surface area (Å²) in [6, 6.07) is 0.658. The van der Waals surface area contributed by atoms with Crippen LogP contribution in [0.2, 0.25) is 0 Å². The summed E-state index contributed by atoms with van der Waals surface area (Å²) in [5.41, 5.74) is 5.97. The van der Waals surface area contributed by atoms with Crippen LogP contribution in [0.4, 0.5) is 0 Å². The highest BCUT2D eigenvalue weighted by Crippen LogP contribution is 2.33. The number of thioether (sulfide) groups is 1. The van der Waals surface area contributed by atoms with Gasteiger partial charge in [-0.05, 0) is 49.1 Å². The SMILES string of the molecule is CCN(CC1CC1)C(CN)C1CCSC1. The van der Waals surface area contributed by atoms with E-state index in [4.69, 9.17) is 5.73 Å². The predicted molar refractivity (Wildman–Crippen MR) is 68.2 cm³/mol. The number of likely N-dealkylation sites (N-methyl/N-ethyl adjacent to an activating group) is 1. The lowest BCUT2D eigenvalue weighted by atomic mass is 9.97. The molecule has 2 aliphatic rings. The fourth-order valence-electron chi connectivity index (χ4n) is 2.63. The van der Waals surface area contributed by atoms with Crippen molar-refractivity contribution in [2.24, 2.45) is 17.6 Å². The van der Waals surface area contributed by atoms with E-state index in [1.54, 1.807) is 0 Å². The number of nitrogens with two attached hydrogens (primary N) is 1. The van der Waals surface area contributed by atoms with Crippen LogP contribution in [-0.4, -0.2) is 42.1 Å². The molecule has 1 heterocycles. The first-order chi connectivity index (χ1) is 7.35. The van der Waals surface area contributed by atoms with Gasteiger partial charge in [0.25, 0.3) is 0 Å². The van der Waals surface area contributed by atoms with Crippen LogP contribution in [0.25, 0.3) is 0 Å². The van der Waals surface area contributed by atoms with Gasteiger partial charge in [0.2, 0.25) is 0 Å². The fraction of sp³-hybridized carbons (Fsp3) is 1.00. The Bertz CT molecular complexity index is 188. The largest absolute Gasteiger partial charge is 0.329 e. The van der Waals surface area contributed by atoms with Gasteiger partial charge in [-0.15, -0.1) is 0 Å². The second-order valence-electron chi connectivity index (χ2n) is 4.96. The highest BCUT2D eigenvalue weighted by molar-refractivity contribution is 7.99. The van der Waals surface area contributed by atoms with E-state index in [2.05, 4.69) is 23.6 Å². The highest BCUT2D eigenvalue weighted by Gasteiger charge is 2.32. The average molecular weight is 228 g/mol. The van der Waals surface area contributed by atoms with E-state index in [-0.39, 0.29) is 0 Å². The Morgan fingerprint density at radius 1 is 1.40 bits per heavy atom. The van der Waals surface area contributed by atoms with Crippen molar-refractivity contribution in [3.63, 3.8) is 0 Å². The zero-order chi connectivity index (χ0) is 10.7. The molecular weight excluding hydrogens is 204 g/mol. The van der Waals surface area contributed by atoms with E-state index in [9.17, 15) is 0 Å². The maximum Gasteiger partial charge on any atom is 0.0254 e. The van der Waals surface area contributed by atoms with Gasteiger partial charge >= 0.3 is 0 Å². The fourth-order valence-corrected chi connectivity index (χ4v) is 3.95. The van der Waals surface area contributed by atoms with Crippen LogP contribution in [-0.2, 0) is 0 Å². The Kier molecular flexibility index (Phi) is 4.35. The molecule has 2 fully saturated rings. The smallest absolute Gasteiger partial charge is 0.0254 e. The summed E-state index contributed by atoms with van der Waals surface area (Å²) in [4.78, 5) is 2.65. The molecule has 0 aromatic carbocycles. The molecule has 0 radical (unpaired) electrons. The van der Waals surface area contributed by atoms with Crippen molar-refractivity contribution in [3.8, 4) is 0 Å². The minimum absolute atomic E-state index is 0.658. The van der Waals surface area contributed by atoms with Crippen LogP contribution >= 0.6 is 11.8 Å². The molecule has 0 bridgehead atoms. The molecule has 15 heavy (non-hydrogen) atoms. The van der Waals surface area contributed by atoms with Gasteiger partial charge in [0.15, 0.2) is 0 Å². The second-order valence-corrected chi connectivity index (χ2v) is 6.11. The zero-order valence-electron chi connectivity index (χ0n) is 9.82. The standard InChI is InChI=1S/C12H24N2S/c1-2-14(8-10-3-4-10)12(7-13)11-5-6-15-9-11/h10-12H,2-9,13H2,1H3. The molecule has 2 N–H and O–H groups in total. The molecule has 2 atom stereocenters. The molecule has 1 aliphatic heterocycles. The van der Waals surface area contributed by atoms with E-state index < -0.39 is 0 Å². The Balaban J connectivity index is 1.88. The topological polar surface area (TPSA) is 29.3 Å². The minimum atomic E-state index is 0.658. The van der Waals surface area contributed by atoms with Gasteiger partial charge in [-0.2, -0.15) is 11.8 Å². The Hall–Kier alpha value is 0.270. The monoisotopic (exact) mass is 228 g/mol. The van der Waals surface area contributed by atoms with Gasteiger partial charge in [-0.3, -0.25) is 4.90 Å². The summed E-state index contributed by atoms with van der Waals surface area (Å²) in [6.45, 7) is 5.62. The van der Waals surface area contributed by atoms with E-state index >= 15 is 0 Å². The molecule has 1 saturated carbocycles. The lowest BCUT2D eigenvalue weighted by molar-refractivity contribution is 0.156. The lowest BCUT2D eigenvalue weighted by Gasteiger charge is -2.34. The normalized spacial score (nSPS) is 28.6. The third kappa shape index (κ3) is 3.11. The predicted octanol–water partition coefficient (Wildman–Crippen LogP) is 1.80. The van der Waals surface area contributed by atoms with Crippen LogP contribution in [0.3, 0.4) is 0 Å². The zero-order valence-corrected chi connectivity index (χ0v) is 10.6. The number of rotatable bonds is 6. The first-order valence-electron chi connectivity index (χ1n) is 6.37. The summed E-state index contributed by atoms with van der Waals surface area (Å²) in [5.74, 6) is 4.54. The van der Waals surface area contributed by atoms with Gasteiger partial charge in [-0.25, -0.2) is 0 Å². The molecule has 0 aromatic rings. The Morgan fingerprint density at radius 2 is 2.20 bits per heavy atom. The van der Waals surface area contributed by atoms with Crippen molar-refractivity contribution in [2.45, 2.75) is 32.2 Å². The van der Waals surface area contributed by atoms with E-state index in [0.29, 0.717) is 6.04 Å². The van der Waals surface area contributed by atoms with Crippen molar-refractivity contribution in [3.05, 3.63) is 0 Å². The maximum atomic E-state index is 5.97. The molecule has 1 aliphatic carbocycles. The average Bonchev–Trinajstić information content (AvgIpc) is 2.91. The van der Waals surface area contributed by atoms with Crippen LogP contribution < -0.4 is 5.73 Å². The van der Waals surface area contributed by atoms with Crippen LogP contribution in [0, 0.1) is 11.8 Å². The molecule has 3 heteroatoms. The molecule has 2 rings (SSSR count). The summed E-state index contributed by atoms with van der Waals surface area (Å²) in [7, 11) is 0. The van der Waals surface area contributed by atoms with Gasteiger partial charge in [0, 0.05) is 19.1 Å². The van der Waals surface area contributed by atoms with Crippen LogP contribution in [0.15, 0.2) is 0 Å². The third-order valence-electron chi connectivity index (χ3n) is 3.82. The molecule has 88 valence electrons. The highest BCUT2D eigenvalue weighted by atomic mass is 32.2. The number of hydrogen-bond acceptors (Lipinski definition) is 3.